The first-order valence-corrected chi connectivity index (χ1v) is 5.13. The zero-order valence-electron chi connectivity index (χ0n) is 6.32. The van der Waals surface area contributed by atoms with Crippen LogP contribution in [0.5, 0.6) is 0 Å². The molecule has 3 heteroatoms. The zero-order valence-corrected chi connectivity index (χ0v) is 8.65. The normalized spacial score (nSPS) is 10.2. The molecule has 0 nitrogen and oxygen atoms in total. The molecule has 0 atom stereocenters. The summed E-state index contributed by atoms with van der Waals surface area (Å²) < 4.78 is 0. The molecular weight excluding hydrogens is 199 g/mol. The summed E-state index contributed by atoms with van der Waals surface area (Å²) in [4.78, 5) is 0.957. The monoisotopic (exact) mass is 206 g/mol. The lowest BCUT2D eigenvalue weighted by atomic mass is 10.2. The summed E-state index contributed by atoms with van der Waals surface area (Å²) in [5.41, 5.74) is 1.10. The molecule has 0 fully saturated rings. The number of hydrogen-bond donors (Lipinski definition) is 0. The average molecular weight is 207 g/mol. The van der Waals surface area contributed by atoms with Gasteiger partial charge in [-0.1, -0.05) is 23.2 Å². The molecule has 0 saturated heterocycles. The molecule has 11 heavy (non-hydrogen) atoms. The van der Waals surface area contributed by atoms with Crippen LogP contribution in [0.15, 0.2) is 17.0 Å². The Balaban J connectivity index is 3.25. The van der Waals surface area contributed by atoms with Crippen molar-refractivity contribution in [3.63, 3.8) is 0 Å². The Morgan fingerprint density at radius 1 is 1.18 bits per heavy atom. The molecule has 0 N–H and O–H groups in total. The molecule has 0 aliphatic heterocycles. The molecule has 0 spiro atoms. The first-order valence-electron chi connectivity index (χ1n) is 3.15. The second kappa shape index (κ2) is 3.70. The Morgan fingerprint density at radius 2 is 1.64 bits per heavy atom. The summed E-state index contributed by atoms with van der Waals surface area (Å²) in [5, 5.41) is 1.48. The van der Waals surface area contributed by atoms with Gasteiger partial charge in [-0.05, 0) is 30.9 Å². The van der Waals surface area contributed by atoms with Crippen LogP contribution < -0.4 is 0 Å². The molecule has 0 bridgehead atoms. The average Bonchev–Trinajstić information content (AvgIpc) is 1.85. The molecule has 0 radical (unpaired) electrons. The molecule has 1 aromatic carbocycles. The van der Waals surface area contributed by atoms with Gasteiger partial charge in [0.25, 0.3) is 0 Å². The number of hydrogen-bond acceptors (Lipinski definition) is 1. The minimum Gasteiger partial charge on any atom is -0.127 e. The van der Waals surface area contributed by atoms with Crippen molar-refractivity contribution in [2.24, 2.45) is 0 Å². The fraction of sp³-hybridized carbons (Fsp3) is 0.250. The Labute approximate surface area is 80.9 Å². The van der Waals surface area contributed by atoms with Crippen molar-refractivity contribution in [2.75, 3.05) is 6.26 Å². The van der Waals surface area contributed by atoms with Gasteiger partial charge in [0.2, 0.25) is 0 Å². The van der Waals surface area contributed by atoms with E-state index in [0.717, 1.165) is 20.5 Å². The summed E-state index contributed by atoms with van der Waals surface area (Å²) in [6.45, 7) is 1.97. The number of thioether (sulfide) groups is 1. The van der Waals surface area contributed by atoms with Crippen molar-refractivity contribution in [3.05, 3.63) is 27.7 Å². The predicted octanol–water partition coefficient (Wildman–Crippen LogP) is 4.02. The highest BCUT2D eigenvalue weighted by Crippen LogP contribution is 2.33. The standard InChI is InChI=1S/C8H8Cl2S/c1-5-3-6(9)8(11-2)7(10)4-5/h3-4H,1-2H3. The van der Waals surface area contributed by atoms with E-state index in [1.54, 1.807) is 11.8 Å². The first-order chi connectivity index (χ1) is 5.15. The van der Waals surface area contributed by atoms with E-state index in [1.807, 2.05) is 25.3 Å². The quantitative estimate of drug-likeness (QED) is 0.626. The Bertz CT molecular complexity index is 248. The summed E-state index contributed by atoms with van der Waals surface area (Å²) in [6, 6.07) is 3.83. The Morgan fingerprint density at radius 3 is 2.00 bits per heavy atom. The van der Waals surface area contributed by atoms with E-state index in [2.05, 4.69) is 0 Å². The number of halogens is 2. The fourth-order valence-electron chi connectivity index (χ4n) is 0.882. The summed E-state index contributed by atoms with van der Waals surface area (Å²) >= 11 is 13.4. The molecule has 1 rings (SSSR count). The van der Waals surface area contributed by atoms with E-state index in [4.69, 9.17) is 23.2 Å². The third-order valence-corrected chi connectivity index (χ3v) is 3.02. The van der Waals surface area contributed by atoms with Crippen LogP contribution in [0.25, 0.3) is 0 Å². The van der Waals surface area contributed by atoms with Crippen LogP contribution in [0, 0.1) is 6.92 Å². The maximum Gasteiger partial charge on any atom is 0.0559 e. The fourth-order valence-corrected chi connectivity index (χ4v) is 2.45. The highest BCUT2D eigenvalue weighted by Gasteiger charge is 2.04. The van der Waals surface area contributed by atoms with Gasteiger partial charge < -0.3 is 0 Å². The zero-order chi connectivity index (χ0) is 8.43. The van der Waals surface area contributed by atoms with Crippen molar-refractivity contribution in [1.82, 2.24) is 0 Å². The van der Waals surface area contributed by atoms with Crippen LogP contribution >= 0.6 is 35.0 Å². The van der Waals surface area contributed by atoms with E-state index < -0.39 is 0 Å². The van der Waals surface area contributed by atoms with Crippen LogP contribution in [0.3, 0.4) is 0 Å². The van der Waals surface area contributed by atoms with Gasteiger partial charge in [0, 0.05) is 4.90 Å². The smallest absolute Gasteiger partial charge is 0.0559 e. The molecule has 0 aliphatic rings. The highest BCUT2D eigenvalue weighted by atomic mass is 35.5. The third-order valence-electron chi connectivity index (χ3n) is 1.35. The van der Waals surface area contributed by atoms with Crippen molar-refractivity contribution in [2.45, 2.75) is 11.8 Å². The third kappa shape index (κ3) is 2.05. The van der Waals surface area contributed by atoms with Gasteiger partial charge in [0.15, 0.2) is 0 Å². The van der Waals surface area contributed by atoms with Crippen molar-refractivity contribution >= 4 is 35.0 Å². The van der Waals surface area contributed by atoms with E-state index in [9.17, 15) is 0 Å². The highest BCUT2D eigenvalue weighted by molar-refractivity contribution is 7.98. The molecular formula is C8H8Cl2S. The van der Waals surface area contributed by atoms with Gasteiger partial charge in [-0.2, -0.15) is 0 Å². The van der Waals surface area contributed by atoms with Crippen LogP contribution in [-0.4, -0.2) is 6.26 Å². The van der Waals surface area contributed by atoms with E-state index in [0.29, 0.717) is 0 Å². The van der Waals surface area contributed by atoms with Gasteiger partial charge in [0.1, 0.15) is 0 Å². The summed E-state index contributed by atoms with van der Waals surface area (Å²) in [7, 11) is 0. The van der Waals surface area contributed by atoms with Crippen LogP contribution in [0.2, 0.25) is 10.0 Å². The molecule has 0 amide bonds. The number of benzene rings is 1. The second-order valence-electron chi connectivity index (χ2n) is 2.26. The second-order valence-corrected chi connectivity index (χ2v) is 3.89. The van der Waals surface area contributed by atoms with Gasteiger partial charge >= 0.3 is 0 Å². The lowest BCUT2D eigenvalue weighted by Gasteiger charge is -2.03. The number of rotatable bonds is 1. The molecule has 0 unspecified atom stereocenters. The molecule has 0 aliphatic carbocycles. The maximum absolute atomic E-state index is 5.93. The Hall–Kier alpha value is 0.150. The van der Waals surface area contributed by atoms with Crippen LogP contribution in [-0.2, 0) is 0 Å². The van der Waals surface area contributed by atoms with Crippen molar-refractivity contribution in [3.8, 4) is 0 Å². The van der Waals surface area contributed by atoms with Gasteiger partial charge in [-0.3, -0.25) is 0 Å². The molecule has 1 aromatic rings. The van der Waals surface area contributed by atoms with Crippen LogP contribution in [0.4, 0.5) is 0 Å². The van der Waals surface area contributed by atoms with Crippen molar-refractivity contribution < 1.29 is 0 Å². The van der Waals surface area contributed by atoms with E-state index >= 15 is 0 Å². The Kier molecular flexibility index (Phi) is 3.11. The minimum atomic E-state index is 0.738. The molecule has 0 saturated carbocycles. The predicted molar refractivity (Wildman–Crippen MR) is 53.0 cm³/mol. The molecule has 60 valence electrons. The SMILES string of the molecule is CSc1c(Cl)cc(C)cc1Cl. The topological polar surface area (TPSA) is 0 Å². The molecule has 0 heterocycles. The summed E-state index contributed by atoms with van der Waals surface area (Å²) in [5.74, 6) is 0. The maximum atomic E-state index is 5.93. The number of aryl methyl sites for hydroxylation is 1. The minimum absolute atomic E-state index is 0.738. The first kappa shape index (κ1) is 9.24. The van der Waals surface area contributed by atoms with Gasteiger partial charge in [0.05, 0.1) is 10.0 Å². The molecule has 0 aromatic heterocycles. The summed E-state index contributed by atoms with van der Waals surface area (Å²) in [6.07, 6.45) is 1.96. The van der Waals surface area contributed by atoms with E-state index in [1.165, 1.54) is 0 Å². The lowest BCUT2D eigenvalue weighted by Crippen LogP contribution is -1.78. The van der Waals surface area contributed by atoms with Gasteiger partial charge in [-0.25, -0.2) is 0 Å². The lowest BCUT2D eigenvalue weighted by molar-refractivity contribution is 1.38. The van der Waals surface area contributed by atoms with Crippen LogP contribution in [0.1, 0.15) is 5.56 Å². The van der Waals surface area contributed by atoms with Gasteiger partial charge in [-0.15, -0.1) is 11.8 Å². The van der Waals surface area contributed by atoms with Crippen molar-refractivity contribution in [1.29, 1.82) is 0 Å². The largest absolute Gasteiger partial charge is 0.127 e. The van der Waals surface area contributed by atoms with E-state index in [-0.39, 0.29) is 0 Å².